The lowest BCUT2D eigenvalue weighted by atomic mass is 9.93. The average Bonchev–Trinajstić information content (AvgIpc) is 2.46. The SMILES string of the molecule is CS(=O)(=O)NC1CCCc2nc(-c3ccccc3)ncc21. The van der Waals surface area contributed by atoms with Crippen LogP contribution in [0, 0.1) is 0 Å². The van der Waals surface area contributed by atoms with Crippen molar-refractivity contribution in [3.8, 4) is 11.4 Å². The lowest BCUT2D eigenvalue weighted by molar-refractivity contribution is 0.503. The number of hydrogen-bond donors (Lipinski definition) is 1. The Morgan fingerprint density at radius 3 is 2.71 bits per heavy atom. The van der Waals surface area contributed by atoms with Gasteiger partial charge in [0.15, 0.2) is 5.82 Å². The van der Waals surface area contributed by atoms with Crippen LogP contribution < -0.4 is 4.72 Å². The molecule has 1 aliphatic rings. The molecule has 0 bridgehead atoms. The second kappa shape index (κ2) is 5.54. The summed E-state index contributed by atoms with van der Waals surface area (Å²) in [5, 5.41) is 0. The van der Waals surface area contributed by atoms with E-state index in [0.29, 0.717) is 5.82 Å². The summed E-state index contributed by atoms with van der Waals surface area (Å²) in [4.78, 5) is 9.01. The third kappa shape index (κ3) is 3.28. The molecule has 1 aliphatic carbocycles. The number of rotatable bonds is 3. The number of aryl methyl sites for hydroxylation is 1. The Hall–Kier alpha value is -1.79. The molecule has 6 heteroatoms. The predicted molar refractivity (Wildman–Crippen MR) is 81.1 cm³/mol. The zero-order valence-corrected chi connectivity index (χ0v) is 12.6. The number of fused-ring (bicyclic) bond motifs is 1. The second-order valence-electron chi connectivity index (χ2n) is 5.30. The first kappa shape index (κ1) is 14.2. The van der Waals surface area contributed by atoms with E-state index in [9.17, 15) is 8.42 Å². The van der Waals surface area contributed by atoms with E-state index in [1.54, 1.807) is 6.20 Å². The Morgan fingerprint density at radius 1 is 1.24 bits per heavy atom. The molecule has 1 unspecified atom stereocenters. The molecule has 2 aromatic rings. The van der Waals surface area contributed by atoms with Gasteiger partial charge in [0.25, 0.3) is 0 Å². The summed E-state index contributed by atoms with van der Waals surface area (Å²) >= 11 is 0. The highest BCUT2D eigenvalue weighted by molar-refractivity contribution is 7.88. The quantitative estimate of drug-likeness (QED) is 0.942. The van der Waals surface area contributed by atoms with Crippen LogP contribution in [0.25, 0.3) is 11.4 Å². The Morgan fingerprint density at radius 2 is 2.00 bits per heavy atom. The molecule has 0 saturated heterocycles. The molecule has 3 rings (SSSR count). The lowest BCUT2D eigenvalue weighted by Crippen LogP contribution is -2.30. The summed E-state index contributed by atoms with van der Waals surface area (Å²) in [7, 11) is -3.23. The van der Waals surface area contributed by atoms with E-state index < -0.39 is 10.0 Å². The summed E-state index contributed by atoms with van der Waals surface area (Å²) in [6.45, 7) is 0. The second-order valence-corrected chi connectivity index (χ2v) is 7.08. The molecule has 1 N–H and O–H groups in total. The number of sulfonamides is 1. The fraction of sp³-hybridized carbons (Fsp3) is 0.333. The van der Waals surface area contributed by atoms with Crippen LogP contribution in [0.4, 0.5) is 0 Å². The highest BCUT2D eigenvalue weighted by Gasteiger charge is 2.24. The fourth-order valence-electron chi connectivity index (χ4n) is 2.65. The molecule has 21 heavy (non-hydrogen) atoms. The van der Waals surface area contributed by atoms with Gasteiger partial charge in [-0.25, -0.2) is 23.1 Å². The molecule has 5 nitrogen and oxygen atoms in total. The molecule has 110 valence electrons. The molecule has 0 saturated carbocycles. The summed E-state index contributed by atoms with van der Waals surface area (Å²) in [6.07, 6.45) is 5.51. The van der Waals surface area contributed by atoms with Gasteiger partial charge < -0.3 is 0 Å². The van der Waals surface area contributed by atoms with Gasteiger partial charge in [-0.05, 0) is 19.3 Å². The number of nitrogens with zero attached hydrogens (tertiary/aromatic N) is 2. The fourth-order valence-corrected chi connectivity index (χ4v) is 3.42. The van der Waals surface area contributed by atoms with Crippen molar-refractivity contribution in [1.29, 1.82) is 0 Å². The van der Waals surface area contributed by atoms with Crippen molar-refractivity contribution in [2.75, 3.05) is 6.26 Å². The minimum absolute atomic E-state index is 0.214. The molecule has 1 atom stereocenters. The maximum Gasteiger partial charge on any atom is 0.209 e. The van der Waals surface area contributed by atoms with Crippen molar-refractivity contribution >= 4 is 10.0 Å². The molecule has 0 spiro atoms. The minimum Gasteiger partial charge on any atom is -0.236 e. The van der Waals surface area contributed by atoms with Crippen LogP contribution in [0.2, 0.25) is 0 Å². The zero-order valence-electron chi connectivity index (χ0n) is 11.8. The van der Waals surface area contributed by atoms with Crippen LogP contribution in [-0.2, 0) is 16.4 Å². The number of hydrogen-bond acceptors (Lipinski definition) is 4. The molecule has 1 heterocycles. The molecule has 1 aromatic carbocycles. The molecule has 0 fully saturated rings. The van der Waals surface area contributed by atoms with Gasteiger partial charge in [0.05, 0.1) is 6.26 Å². The summed E-state index contributed by atoms with van der Waals surface area (Å²) in [5.74, 6) is 0.689. The van der Waals surface area contributed by atoms with Crippen LogP contribution in [0.5, 0.6) is 0 Å². The van der Waals surface area contributed by atoms with Crippen molar-refractivity contribution in [2.45, 2.75) is 25.3 Å². The highest BCUT2D eigenvalue weighted by atomic mass is 32.2. The van der Waals surface area contributed by atoms with Crippen LogP contribution in [0.15, 0.2) is 36.5 Å². The van der Waals surface area contributed by atoms with Crippen molar-refractivity contribution in [1.82, 2.24) is 14.7 Å². The summed E-state index contributed by atoms with van der Waals surface area (Å²) < 4.78 is 25.6. The lowest BCUT2D eigenvalue weighted by Gasteiger charge is -2.24. The number of aromatic nitrogens is 2. The Labute approximate surface area is 124 Å². The van der Waals surface area contributed by atoms with E-state index in [0.717, 1.165) is 36.1 Å². The molecule has 0 aliphatic heterocycles. The van der Waals surface area contributed by atoms with Crippen LogP contribution in [-0.4, -0.2) is 24.6 Å². The first-order valence-electron chi connectivity index (χ1n) is 6.91. The Kier molecular flexibility index (Phi) is 3.73. The van der Waals surface area contributed by atoms with Gasteiger partial charge in [-0.1, -0.05) is 30.3 Å². The zero-order chi connectivity index (χ0) is 14.9. The third-order valence-electron chi connectivity index (χ3n) is 3.57. The van der Waals surface area contributed by atoms with Gasteiger partial charge in [0.1, 0.15) is 0 Å². The van der Waals surface area contributed by atoms with E-state index in [2.05, 4.69) is 14.7 Å². The van der Waals surface area contributed by atoms with E-state index in [1.807, 2.05) is 30.3 Å². The first-order chi connectivity index (χ1) is 10.0. The van der Waals surface area contributed by atoms with Crippen molar-refractivity contribution in [2.24, 2.45) is 0 Å². The molecule has 1 aromatic heterocycles. The molecular formula is C15H17N3O2S. The standard InChI is InChI=1S/C15H17N3O2S/c1-21(19,20)18-14-9-5-8-13-12(14)10-16-15(17-13)11-6-3-2-4-7-11/h2-4,6-7,10,14,18H,5,8-9H2,1H3. The monoisotopic (exact) mass is 303 g/mol. The van der Waals surface area contributed by atoms with E-state index in [1.165, 1.54) is 6.26 Å². The van der Waals surface area contributed by atoms with Gasteiger partial charge in [-0.15, -0.1) is 0 Å². The summed E-state index contributed by atoms with van der Waals surface area (Å²) in [6, 6.07) is 9.58. The van der Waals surface area contributed by atoms with Gasteiger partial charge >= 0.3 is 0 Å². The van der Waals surface area contributed by atoms with Gasteiger partial charge in [-0.2, -0.15) is 0 Å². The Balaban J connectivity index is 1.96. The van der Waals surface area contributed by atoms with Crippen LogP contribution in [0.1, 0.15) is 30.1 Å². The van der Waals surface area contributed by atoms with Gasteiger partial charge in [0.2, 0.25) is 10.0 Å². The van der Waals surface area contributed by atoms with Crippen LogP contribution in [0.3, 0.4) is 0 Å². The van der Waals surface area contributed by atoms with Crippen molar-refractivity contribution < 1.29 is 8.42 Å². The van der Waals surface area contributed by atoms with Crippen LogP contribution >= 0.6 is 0 Å². The largest absolute Gasteiger partial charge is 0.236 e. The molecular weight excluding hydrogens is 286 g/mol. The summed E-state index contributed by atoms with van der Waals surface area (Å²) in [5.41, 5.74) is 2.81. The van der Waals surface area contributed by atoms with E-state index >= 15 is 0 Å². The highest BCUT2D eigenvalue weighted by Crippen LogP contribution is 2.29. The normalized spacial score (nSPS) is 18.2. The topological polar surface area (TPSA) is 72.0 Å². The van der Waals surface area contributed by atoms with Gasteiger partial charge in [-0.3, -0.25) is 0 Å². The smallest absolute Gasteiger partial charge is 0.209 e. The number of nitrogens with one attached hydrogen (secondary N) is 1. The maximum atomic E-state index is 11.4. The van der Waals surface area contributed by atoms with Crippen molar-refractivity contribution in [3.63, 3.8) is 0 Å². The van der Waals surface area contributed by atoms with E-state index in [-0.39, 0.29) is 6.04 Å². The number of benzene rings is 1. The van der Waals surface area contributed by atoms with E-state index in [4.69, 9.17) is 0 Å². The average molecular weight is 303 g/mol. The Bertz CT molecular complexity index is 745. The third-order valence-corrected chi connectivity index (χ3v) is 4.28. The first-order valence-corrected chi connectivity index (χ1v) is 8.80. The molecule has 0 radical (unpaired) electrons. The predicted octanol–water partition coefficient (Wildman–Crippen LogP) is 2.07. The minimum atomic E-state index is -3.23. The molecule has 0 amide bonds. The maximum absolute atomic E-state index is 11.4. The van der Waals surface area contributed by atoms with Gasteiger partial charge in [0, 0.05) is 29.1 Å². The van der Waals surface area contributed by atoms with Crippen molar-refractivity contribution in [3.05, 3.63) is 47.8 Å².